The number of carbonyl (C=O) groups is 1. The summed E-state index contributed by atoms with van der Waals surface area (Å²) in [5.74, 6) is -1.17. The second-order valence-corrected chi connectivity index (χ2v) is 5.15. The summed E-state index contributed by atoms with van der Waals surface area (Å²) < 4.78 is 2.70. The van der Waals surface area contributed by atoms with Crippen LogP contribution >= 0.6 is 15.9 Å². The summed E-state index contributed by atoms with van der Waals surface area (Å²) in [6, 6.07) is 0. The maximum atomic E-state index is 11.2. The van der Waals surface area contributed by atoms with Crippen LogP contribution in [0.5, 0.6) is 0 Å². The van der Waals surface area contributed by atoms with Gasteiger partial charge < -0.3 is 10.8 Å². The van der Waals surface area contributed by atoms with E-state index in [0.29, 0.717) is 19.4 Å². The van der Waals surface area contributed by atoms with Crippen LogP contribution in [0.1, 0.15) is 31.2 Å². The van der Waals surface area contributed by atoms with E-state index in [1.165, 1.54) is 0 Å². The summed E-state index contributed by atoms with van der Waals surface area (Å²) in [5.41, 5.74) is 7.35. The van der Waals surface area contributed by atoms with Crippen LogP contribution in [-0.4, -0.2) is 27.4 Å². The number of halogens is 1. The minimum Gasteiger partial charge on any atom is -0.481 e. The van der Waals surface area contributed by atoms with Gasteiger partial charge in [0.2, 0.25) is 0 Å². The van der Waals surface area contributed by atoms with Crippen LogP contribution in [0.4, 0.5) is 0 Å². The number of nitrogens with zero attached hydrogens (tertiary/aromatic N) is 2. The van der Waals surface area contributed by atoms with E-state index >= 15 is 0 Å². The van der Waals surface area contributed by atoms with Crippen LogP contribution in [0.25, 0.3) is 0 Å². The van der Waals surface area contributed by atoms with Gasteiger partial charge in [0.05, 0.1) is 21.8 Å². The first-order valence-electron chi connectivity index (χ1n) is 6.14. The van der Waals surface area contributed by atoms with Crippen LogP contribution in [0.15, 0.2) is 4.47 Å². The number of hydrogen-bond acceptors (Lipinski definition) is 3. The first kappa shape index (κ1) is 15.2. The average Bonchev–Trinajstić information content (AvgIpc) is 2.60. The predicted molar refractivity (Wildman–Crippen MR) is 73.4 cm³/mol. The fourth-order valence-electron chi connectivity index (χ4n) is 1.95. The van der Waals surface area contributed by atoms with Gasteiger partial charge in [-0.25, -0.2) is 0 Å². The van der Waals surface area contributed by atoms with Crippen molar-refractivity contribution in [2.75, 3.05) is 6.54 Å². The fourth-order valence-corrected chi connectivity index (χ4v) is 2.73. The third-order valence-corrected chi connectivity index (χ3v) is 3.96. The molecule has 0 radical (unpaired) electrons. The number of hydrogen-bond donors (Lipinski definition) is 2. The highest BCUT2D eigenvalue weighted by Crippen LogP contribution is 2.25. The van der Waals surface area contributed by atoms with Crippen molar-refractivity contribution in [1.29, 1.82) is 0 Å². The highest BCUT2D eigenvalue weighted by molar-refractivity contribution is 9.10. The normalized spacial score (nSPS) is 12.7. The van der Waals surface area contributed by atoms with Crippen molar-refractivity contribution in [3.05, 3.63) is 15.9 Å². The molecule has 1 atom stereocenters. The maximum Gasteiger partial charge on any atom is 0.306 e. The molecule has 0 saturated heterocycles. The number of carboxylic acid groups (broad SMARTS) is 1. The molecule has 1 rings (SSSR count). The van der Waals surface area contributed by atoms with Crippen molar-refractivity contribution in [1.82, 2.24) is 9.78 Å². The van der Waals surface area contributed by atoms with Crippen molar-refractivity contribution >= 4 is 21.9 Å². The SMILES string of the molecule is CCc1nn(C)c(CC(CCCN)C(=O)O)c1Br. The van der Waals surface area contributed by atoms with E-state index in [9.17, 15) is 9.90 Å². The lowest BCUT2D eigenvalue weighted by Gasteiger charge is -2.12. The maximum absolute atomic E-state index is 11.2. The molecule has 102 valence electrons. The van der Waals surface area contributed by atoms with Gasteiger partial charge in [0.25, 0.3) is 0 Å². The molecule has 1 unspecified atom stereocenters. The molecular weight excluding hydrogens is 298 g/mol. The minimum absolute atomic E-state index is 0.398. The quantitative estimate of drug-likeness (QED) is 0.802. The second-order valence-electron chi connectivity index (χ2n) is 4.35. The van der Waals surface area contributed by atoms with E-state index < -0.39 is 11.9 Å². The van der Waals surface area contributed by atoms with Crippen LogP contribution in [-0.2, 0) is 24.7 Å². The fraction of sp³-hybridized carbons (Fsp3) is 0.667. The number of rotatable bonds is 7. The zero-order valence-electron chi connectivity index (χ0n) is 10.8. The van der Waals surface area contributed by atoms with Gasteiger partial charge in [-0.05, 0) is 41.7 Å². The topological polar surface area (TPSA) is 81.1 Å². The molecule has 1 heterocycles. The number of aliphatic carboxylic acids is 1. The van der Waals surface area contributed by atoms with Gasteiger partial charge in [-0.1, -0.05) is 6.92 Å². The molecule has 0 bridgehead atoms. The third kappa shape index (κ3) is 3.55. The Morgan fingerprint density at radius 2 is 2.28 bits per heavy atom. The number of aromatic nitrogens is 2. The zero-order chi connectivity index (χ0) is 13.7. The van der Waals surface area contributed by atoms with Gasteiger partial charge in [-0.15, -0.1) is 0 Å². The Morgan fingerprint density at radius 1 is 1.61 bits per heavy atom. The monoisotopic (exact) mass is 317 g/mol. The molecule has 0 aliphatic carbocycles. The lowest BCUT2D eigenvalue weighted by Crippen LogP contribution is -2.19. The van der Waals surface area contributed by atoms with Crippen molar-refractivity contribution < 1.29 is 9.90 Å². The molecule has 0 aromatic carbocycles. The van der Waals surface area contributed by atoms with E-state index in [-0.39, 0.29) is 0 Å². The molecule has 0 aliphatic heterocycles. The third-order valence-electron chi connectivity index (χ3n) is 3.05. The Kier molecular flexibility index (Phi) is 5.81. The summed E-state index contributed by atoms with van der Waals surface area (Å²) >= 11 is 3.51. The summed E-state index contributed by atoms with van der Waals surface area (Å²) in [6.45, 7) is 2.55. The lowest BCUT2D eigenvalue weighted by atomic mass is 9.97. The highest BCUT2D eigenvalue weighted by atomic mass is 79.9. The smallest absolute Gasteiger partial charge is 0.306 e. The van der Waals surface area contributed by atoms with E-state index in [1.807, 2.05) is 14.0 Å². The van der Waals surface area contributed by atoms with Gasteiger partial charge in [-0.3, -0.25) is 9.48 Å². The van der Waals surface area contributed by atoms with Gasteiger partial charge in [0.1, 0.15) is 0 Å². The molecule has 0 fully saturated rings. The first-order chi connectivity index (χ1) is 8.51. The number of nitrogens with two attached hydrogens (primary N) is 1. The molecule has 0 amide bonds. The Labute approximate surface area is 115 Å². The number of aryl methyl sites for hydroxylation is 2. The number of carboxylic acids is 1. The molecule has 3 N–H and O–H groups in total. The first-order valence-corrected chi connectivity index (χ1v) is 6.93. The van der Waals surface area contributed by atoms with Crippen molar-refractivity contribution in [2.24, 2.45) is 18.7 Å². The standard InChI is InChI=1S/C12H20BrN3O2/c1-3-9-11(13)10(16(2)15-9)7-8(12(17)18)5-4-6-14/h8H,3-7,14H2,1-2H3,(H,17,18). The van der Waals surface area contributed by atoms with Crippen LogP contribution in [0.2, 0.25) is 0 Å². The minimum atomic E-state index is -0.769. The Morgan fingerprint density at radius 3 is 2.72 bits per heavy atom. The molecule has 6 heteroatoms. The second kappa shape index (κ2) is 6.89. The largest absolute Gasteiger partial charge is 0.481 e. The molecule has 0 spiro atoms. The molecule has 18 heavy (non-hydrogen) atoms. The van der Waals surface area contributed by atoms with Crippen molar-refractivity contribution in [3.8, 4) is 0 Å². The zero-order valence-corrected chi connectivity index (χ0v) is 12.4. The molecular formula is C12H20BrN3O2. The molecule has 5 nitrogen and oxygen atoms in total. The van der Waals surface area contributed by atoms with Crippen molar-refractivity contribution in [3.63, 3.8) is 0 Å². The van der Waals surface area contributed by atoms with E-state index in [1.54, 1.807) is 4.68 Å². The molecule has 1 aromatic rings. The summed E-state index contributed by atoms with van der Waals surface area (Å²) in [6.07, 6.45) is 2.65. The molecule has 0 saturated carbocycles. The molecule has 1 aromatic heterocycles. The summed E-state index contributed by atoms with van der Waals surface area (Å²) in [4.78, 5) is 11.2. The van der Waals surface area contributed by atoms with Gasteiger partial charge in [0.15, 0.2) is 0 Å². The van der Waals surface area contributed by atoms with E-state index in [4.69, 9.17) is 5.73 Å². The van der Waals surface area contributed by atoms with Gasteiger partial charge in [-0.2, -0.15) is 5.10 Å². The Balaban J connectivity index is 2.86. The van der Waals surface area contributed by atoms with E-state index in [2.05, 4.69) is 21.0 Å². The highest BCUT2D eigenvalue weighted by Gasteiger charge is 2.22. The Hall–Kier alpha value is -0.880. The summed E-state index contributed by atoms with van der Waals surface area (Å²) in [7, 11) is 1.85. The van der Waals surface area contributed by atoms with Gasteiger partial charge in [0, 0.05) is 13.5 Å². The van der Waals surface area contributed by atoms with Crippen molar-refractivity contribution in [2.45, 2.75) is 32.6 Å². The van der Waals surface area contributed by atoms with Crippen LogP contribution < -0.4 is 5.73 Å². The predicted octanol–water partition coefficient (Wildman–Crippen LogP) is 1.73. The van der Waals surface area contributed by atoms with Crippen LogP contribution in [0.3, 0.4) is 0 Å². The summed E-state index contributed by atoms with van der Waals surface area (Å²) in [5, 5.41) is 13.6. The van der Waals surface area contributed by atoms with Crippen LogP contribution in [0, 0.1) is 5.92 Å². The van der Waals surface area contributed by atoms with Gasteiger partial charge >= 0.3 is 5.97 Å². The molecule has 0 aliphatic rings. The lowest BCUT2D eigenvalue weighted by molar-refractivity contribution is -0.142. The Bertz CT molecular complexity index is 418. The van der Waals surface area contributed by atoms with E-state index in [0.717, 1.165) is 28.7 Å². The average molecular weight is 318 g/mol.